The van der Waals surface area contributed by atoms with Crippen LogP contribution < -0.4 is 15.8 Å². The van der Waals surface area contributed by atoms with Crippen LogP contribution in [0.2, 0.25) is 0 Å². The zero-order valence-electron chi connectivity index (χ0n) is 24.9. The minimum absolute atomic E-state index is 0. The maximum absolute atomic E-state index is 14.4. The number of nitrogens with one attached hydrogen (secondary N) is 1. The minimum atomic E-state index is -0.705. The molecule has 4 atom stereocenters. The third kappa shape index (κ3) is 7.17. The molecule has 2 aromatic rings. The van der Waals surface area contributed by atoms with Crippen LogP contribution >= 0.6 is 24.8 Å². The van der Waals surface area contributed by atoms with E-state index >= 15 is 0 Å². The summed E-state index contributed by atoms with van der Waals surface area (Å²) in [6, 6.07) is 5.97. The Morgan fingerprint density at radius 1 is 1.10 bits per heavy atom. The molecule has 234 valence electrons. The van der Waals surface area contributed by atoms with E-state index in [0.717, 1.165) is 31.3 Å². The first-order chi connectivity index (χ1) is 18.9. The summed E-state index contributed by atoms with van der Waals surface area (Å²) in [5.41, 5.74) is 1.01. The topological polar surface area (TPSA) is 70.1 Å². The summed E-state index contributed by atoms with van der Waals surface area (Å²) in [6.45, 7) is 15.1. The van der Waals surface area contributed by atoms with Crippen molar-refractivity contribution in [1.29, 1.82) is 0 Å². The Kier molecular flexibility index (Phi) is 11.2. The fraction of sp³-hybridized carbons (Fsp3) is 0.600. The zero-order valence-corrected chi connectivity index (χ0v) is 26.6. The normalized spacial score (nSPS) is 25.8. The van der Waals surface area contributed by atoms with E-state index in [2.05, 4.69) is 35.9 Å². The third-order valence-corrected chi connectivity index (χ3v) is 8.67. The van der Waals surface area contributed by atoms with E-state index in [1.807, 2.05) is 13.8 Å². The molecule has 5 rings (SSSR count). The van der Waals surface area contributed by atoms with E-state index in [1.54, 1.807) is 17.2 Å². The van der Waals surface area contributed by atoms with E-state index < -0.39 is 17.0 Å². The molecule has 42 heavy (non-hydrogen) atoms. The first kappa shape index (κ1) is 34.4. The summed E-state index contributed by atoms with van der Waals surface area (Å²) >= 11 is 0. The number of piperazine rings is 1. The monoisotopic (exact) mass is 629 g/mol. The van der Waals surface area contributed by atoms with Gasteiger partial charge in [-0.2, -0.15) is 0 Å². The number of rotatable bonds is 6. The summed E-state index contributed by atoms with van der Waals surface area (Å²) in [5, 5.41) is 3.58. The fourth-order valence-electron chi connectivity index (χ4n) is 6.37. The minimum Gasteiger partial charge on any atom is -0.378 e. The molecule has 12 heteroatoms. The molecule has 2 fully saturated rings. The van der Waals surface area contributed by atoms with E-state index in [0.29, 0.717) is 37.5 Å². The van der Waals surface area contributed by atoms with Crippen LogP contribution in [-0.4, -0.2) is 90.4 Å². The SMILES string of the molecule is C[C@@H]1CN(CC(=O)N2CC(C)(C)c3cc(=O)n(Cc4ccc(F)cc4F)cc32)[C@@H](CN2[C@H](C)COC[C@H]2C)CN1.Cl.Cl. The van der Waals surface area contributed by atoms with Gasteiger partial charge in [0.25, 0.3) is 5.56 Å². The Balaban J connectivity index is 0.00000242. The van der Waals surface area contributed by atoms with Crippen LogP contribution in [0.1, 0.15) is 45.7 Å². The quantitative estimate of drug-likeness (QED) is 0.528. The number of carbonyl (C=O) groups excluding carboxylic acids is 1. The second-order valence-corrected chi connectivity index (χ2v) is 12.5. The van der Waals surface area contributed by atoms with Gasteiger partial charge in [-0.05, 0) is 32.4 Å². The molecule has 1 aromatic carbocycles. The molecule has 1 amide bonds. The Morgan fingerprint density at radius 2 is 1.79 bits per heavy atom. The maximum Gasteiger partial charge on any atom is 0.251 e. The fourth-order valence-corrected chi connectivity index (χ4v) is 6.37. The highest BCUT2D eigenvalue weighted by Crippen LogP contribution is 2.39. The standard InChI is InChI=1S/C30H41F2N5O3.2ClH/c1-19-11-34(24(10-33-19)13-36-20(2)16-40-17-21(36)3)15-29(39)37-18-30(4,5)25-9-28(38)35(14-27(25)37)12-22-6-7-23(31)8-26(22)32;;/h6-9,14,19-21,24,33H,10-13,15-18H2,1-5H3;2*1H/t19-,20-,21-,24-;;/m1../s1. The van der Waals surface area contributed by atoms with E-state index in [4.69, 9.17) is 4.74 Å². The number of nitrogens with zero attached hydrogens (tertiary/aromatic N) is 4. The van der Waals surface area contributed by atoms with Crippen LogP contribution in [0.3, 0.4) is 0 Å². The Morgan fingerprint density at radius 3 is 2.45 bits per heavy atom. The number of anilines is 1. The van der Waals surface area contributed by atoms with Crippen LogP contribution in [0, 0.1) is 11.6 Å². The molecule has 2 saturated heterocycles. The number of hydrogen-bond donors (Lipinski definition) is 1. The number of aromatic nitrogens is 1. The average Bonchev–Trinajstić information content (AvgIpc) is 3.14. The maximum atomic E-state index is 14.4. The van der Waals surface area contributed by atoms with Crippen molar-refractivity contribution in [2.24, 2.45) is 0 Å². The molecule has 0 bridgehead atoms. The molecule has 0 spiro atoms. The van der Waals surface area contributed by atoms with Crippen LogP contribution in [-0.2, 0) is 21.5 Å². The highest BCUT2D eigenvalue weighted by molar-refractivity contribution is 5.97. The molecule has 0 saturated carbocycles. The van der Waals surface area contributed by atoms with Gasteiger partial charge in [0.2, 0.25) is 5.91 Å². The van der Waals surface area contributed by atoms with Gasteiger partial charge in [-0.25, -0.2) is 8.78 Å². The summed E-state index contributed by atoms with van der Waals surface area (Å²) in [4.78, 5) is 33.5. The van der Waals surface area contributed by atoms with Gasteiger partial charge in [-0.3, -0.25) is 19.4 Å². The molecular weight excluding hydrogens is 587 g/mol. The number of benzene rings is 1. The molecular formula is C30H43Cl2F2N5O3. The number of morpholine rings is 1. The van der Waals surface area contributed by atoms with Crippen LogP contribution in [0.25, 0.3) is 0 Å². The molecule has 0 radical (unpaired) electrons. The average molecular weight is 631 g/mol. The molecule has 1 N–H and O–H groups in total. The van der Waals surface area contributed by atoms with Gasteiger partial charge in [0, 0.05) is 79.7 Å². The van der Waals surface area contributed by atoms with Crippen molar-refractivity contribution < 1.29 is 18.3 Å². The molecule has 0 aliphatic carbocycles. The summed E-state index contributed by atoms with van der Waals surface area (Å²) < 4.78 is 34.9. The van der Waals surface area contributed by atoms with Crippen LogP contribution in [0.5, 0.6) is 0 Å². The molecule has 0 unspecified atom stereocenters. The second kappa shape index (κ2) is 13.7. The zero-order chi connectivity index (χ0) is 28.8. The van der Waals surface area contributed by atoms with E-state index in [9.17, 15) is 18.4 Å². The summed E-state index contributed by atoms with van der Waals surface area (Å²) in [7, 11) is 0. The number of hydrogen-bond acceptors (Lipinski definition) is 6. The van der Waals surface area contributed by atoms with Gasteiger partial charge >= 0.3 is 0 Å². The molecule has 8 nitrogen and oxygen atoms in total. The van der Waals surface area contributed by atoms with Crippen molar-refractivity contribution in [3.63, 3.8) is 0 Å². The predicted octanol–water partition coefficient (Wildman–Crippen LogP) is 3.41. The second-order valence-electron chi connectivity index (χ2n) is 12.5. The lowest BCUT2D eigenvalue weighted by molar-refractivity contribution is -0.121. The Bertz CT molecular complexity index is 1320. The summed E-state index contributed by atoms with van der Waals surface area (Å²) in [5.74, 6) is -1.39. The number of carbonyl (C=O) groups is 1. The first-order valence-electron chi connectivity index (χ1n) is 14.2. The van der Waals surface area contributed by atoms with E-state index in [-0.39, 0.29) is 67.0 Å². The van der Waals surface area contributed by atoms with Gasteiger partial charge < -0.3 is 19.5 Å². The molecule has 1 aromatic heterocycles. The lowest BCUT2D eigenvalue weighted by atomic mass is 9.87. The number of halogens is 4. The lowest BCUT2D eigenvalue weighted by Gasteiger charge is -2.46. The smallest absolute Gasteiger partial charge is 0.251 e. The number of pyridine rings is 1. The number of amides is 1. The molecule has 3 aliphatic heterocycles. The molecule has 4 heterocycles. The van der Waals surface area contributed by atoms with Gasteiger partial charge in [-0.1, -0.05) is 19.9 Å². The largest absolute Gasteiger partial charge is 0.378 e. The lowest BCUT2D eigenvalue weighted by Crippen LogP contribution is -2.63. The predicted molar refractivity (Wildman–Crippen MR) is 165 cm³/mol. The van der Waals surface area contributed by atoms with Crippen molar-refractivity contribution in [2.45, 2.75) is 70.7 Å². The van der Waals surface area contributed by atoms with Crippen molar-refractivity contribution in [3.8, 4) is 0 Å². The Hall–Kier alpha value is -2.08. The number of ether oxygens (including phenoxy) is 1. The summed E-state index contributed by atoms with van der Waals surface area (Å²) in [6.07, 6.45) is 1.65. The van der Waals surface area contributed by atoms with Gasteiger partial charge in [0.05, 0.1) is 32.0 Å². The van der Waals surface area contributed by atoms with Crippen molar-refractivity contribution in [1.82, 2.24) is 19.7 Å². The first-order valence-corrected chi connectivity index (χ1v) is 14.2. The van der Waals surface area contributed by atoms with Crippen molar-refractivity contribution in [3.05, 3.63) is 63.6 Å². The van der Waals surface area contributed by atoms with Crippen molar-refractivity contribution >= 4 is 36.4 Å². The van der Waals surface area contributed by atoms with Gasteiger partial charge in [0.1, 0.15) is 11.6 Å². The van der Waals surface area contributed by atoms with Crippen LogP contribution in [0.4, 0.5) is 14.5 Å². The Labute approximate surface area is 259 Å². The van der Waals surface area contributed by atoms with E-state index in [1.165, 1.54) is 16.7 Å². The highest BCUT2D eigenvalue weighted by atomic mass is 35.5. The third-order valence-electron chi connectivity index (χ3n) is 8.67. The highest BCUT2D eigenvalue weighted by Gasteiger charge is 2.40. The van der Waals surface area contributed by atoms with Gasteiger partial charge in [0.15, 0.2) is 0 Å². The molecule has 3 aliphatic rings. The van der Waals surface area contributed by atoms with Crippen molar-refractivity contribution in [2.75, 3.05) is 50.8 Å². The van der Waals surface area contributed by atoms with Crippen LogP contribution in [0.15, 0.2) is 35.3 Å². The van der Waals surface area contributed by atoms with Gasteiger partial charge in [-0.15, -0.1) is 24.8 Å². The number of fused-ring (bicyclic) bond motifs is 1.